The summed E-state index contributed by atoms with van der Waals surface area (Å²) in [7, 11) is 1.62. The van der Waals surface area contributed by atoms with E-state index in [9.17, 15) is 4.79 Å². The summed E-state index contributed by atoms with van der Waals surface area (Å²) >= 11 is 1.50. The van der Waals surface area contributed by atoms with Crippen LogP contribution in [0.5, 0.6) is 11.5 Å². The van der Waals surface area contributed by atoms with Gasteiger partial charge in [-0.25, -0.2) is 14.5 Å². The normalized spacial score (nSPS) is 11.6. The smallest absolute Gasteiger partial charge is 0.266 e. The van der Waals surface area contributed by atoms with E-state index in [1.165, 1.54) is 23.4 Å². The summed E-state index contributed by atoms with van der Waals surface area (Å²) in [6.07, 6.45) is 0. The molecule has 166 valence electrons. The first-order chi connectivity index (χ1) is 15.3. The van der Waals surface area contributed by atoms with Crippen LogP contribution in [-0.2, 0) is 5.41 Å². The molecule has 0 saturated heterocycles. The summed E-state index contributed by atoms with van der Waals surface area (Å²) in [6.45, 7) is 7.07. The molecule has 2 heterocycles. The number of hydrogen-bond donors (Lipinski definition) is 1. The molecule has 0 bridgehead atoms. The van der Waals surface area contributed by atoms with Crippen LogP contribution in [0, 0.1) is 0 Å². The highest BCUT2D eigenvalue weighted by molar-refractivity contribution is 7.99. The number of methoxy groups -OCH3 is 1. The van der Waals surface area contributed by atoms with Gasteiger partial charge in [-0.15, -0.1) is 0 Å². The molecule has 0 aliphatic heterocycles. The average molecular weight is 451 g/mol. The molecular weight excluding hydrogens is 424 g/mol. The molecule has 0 fully saturated rings. The van der Waals surface area contributed by atoms with Crippen LogP contribution in [0.1, 0.15) is 26.3 Å². The molecule has 0 aliphatic rings. The highest BCUT2D eigenvalue weighted by Gasteiger charge is 2.14. The minimum atomic E-state index is -0.219. The van der Waals surface area contributed by atoms with Crippen molar-refractivity contribution in [1.29, 1.82) is 0 Å². The predicted octanol–water partition coefficient (Wildman–Crippen LogP) is 4.56. The lowest BCUT2D eigenvalue weighted by Crippen LogP contribution is -2.10. The van der Waals surface area contributed by atoms with Crippen molar-refractivity contribution >= 4 is 17.4 Å². The van der Waals surface area contributed by atoms with E-state index in [4.69, 9.17) is 9.47 Å². The molecule has 1 N–H and O–H groups in total. The van der Waals surface area contributed by atoms with Crippen LogP contribution in [0.4, 0.5) is 0 Å². The molecule has 2 aromatic carbocycles. The number of rotatable bonds is 7. The minimum absolute atomic E-state index is 0.113. The Bertz CT molecular complexity index is 1260. The summed E-state index contributed by atoms with van der Waals surface area (Å²) in [5.41, 5.74) is 2.53. The first-order valence-electron chi connectivity index (χ1n) is 10.3. The maximum atomic E-state index is 11.9. The Morgan fingerprint density at radius 2 is 1.69 bits per heavy atom. The van der Waals surface area contributed by atoms with Crippen LogP contribution in [0.3, 0.4) is 0 Å². The molecule has 32 heavy (non-hydrogen) atoms. The lowest BCUT2D eigenvalue weighted by atomic mass is 9.87. The SMILES string of the molecule is COc1ccc(-c2nc(SCCOc3ccc(C(C)(C)C)cc3)n3[nH]c(=O)cc3n2)cc1. The molecule has 0 unspecified atom stereocenters. The van der Waals surface area contributed by atoms with Crippen LogP contribution in [-0.4, -0.2) is 39.1 Å². The lowest BCUT2D eigenvalue weighted by molar-refractivity contribution is 0.343. The second kappa shape index (κ2) is 9.08. The van der Waals surface area contributed by atoms with Crippen molar-refractivity contribution in [3.63, 3.8) is 0 Å². The maximum Gasteiger partial charge on any atom is 0.266 e. The number of aromatic nitrogens is 4. The molecule has 0 saturated carbocycles. The molecule has 0 aliphatic carbocycles. The van der Waals surface area contributed by atoms with Crippen LogP contribution >= 0.6 is 11.8 Å². The molecule has 0 spiro atoms. The molecule has 4 aromatic rings. The number of thioether (sulfide) groups is 1. The topological polar surface area (TPSA) is 81.5 Å². The predicted molar refractivity (Wildman–Crippen MR) is 127 cm³/mol. The second-order valence-electron chi connectivity index (χ2n) is 8.34. The standard InChI is InChI=1S/C24H26N4O3S/c1-24(2,3)17-7-11-19(12-8-17)31-13-14-32-23-26-22(16-5-9-18(30-4)10-6-16)25-20-15-21(29)27-28(20)23/h5-12,15H,13-14H2,1-4H3,(H,27,29). The third kappa shape index (κ3) is 4.96. The van der Waals surface area contributed by atoms with E-state index in [1.54, 1.807) is 11.6 Å². The van der Waals surface area contributed by atoms with E-state index in [2.05, 4.69) is 48.0 Å². The summed E-state index contributed by atoms with van der Waals surface area (Å²) in [6, 6.07) is 17.2. The zero-order valence-corrected chi connectivity index (χ0v) is 19.4. The van der Waals surface area contributed by atoms with Gasteiger partial charge in [0.2, 0.25) is 0 Å². The van der Waals surface area contributed by atoms with E-state index < -0.39 is 0 Å². The zero-order chi connectivity index (χ0) is 22.7. The van der Waals surface area contributed by atoms with Crippen molar-refractivity contribution in [2.75, 3.05) is 19.5 Å². The first kappa shape index (κ1) is 22.0. The van der Waals surface area contributed by atoms with Crippen LogP contribution in [0.2, 0.25) is 0 Å². The van der Waals surface area contributed by atoms with E-state index in [0.717, 1.165) is 17.1 Å². The van der Waals surface area contributed by atoms with Crippen molar-refractivity contribution in [3.8, 4) is 22.9 Å². The van der Waals surface area contributed by atoms with E-state index >= 15 is 0 Å². The number of H-pyrrole nitrogens is 1. The van der Waals surface area contributed by atoms with Gasteiger partial charge in [-0.3, -0.25) is 9.89 Å². The van der Waals surface area contributed by atoms with Gasteiger partial charge < -0.3 is 9.47 Å². The highest BCUT2D eigenvalue weighted by atomic mass is 32.2. The van der Waals surface area contributed by atoms with Crippen molar-refractivity contribution in [1.82, 2.24) is 19.6 Å². The molecule has 2 aromatic heterocycles. The van der Waals surface area contributed by atoms with Gasteiger partial charge in [0, 0.05) is 17.4 Å². The van der Waals surface area contributed by atoms with E-state index in [-0.39, 0.29) is 11.0 Å². The molecule has 7 nitrogen and oxygen atoms in total. The van der Waals surface area contributed by atoms with Crippen molar-refractivity contribution in [2.45, 2.75) is 31.3 Å². The highest BCUT2D eigenvalue weighted by Crippen LogP contribution is 2.25. The number of hydrogen-bond acceptors (Lipinski definition) is 6. The Hall–Kier alpha value is -3.26. The molecule has 0 amide bonds. The van der Waals surface area contributed by atoms with Gasteiger partial charge in [0.05, 0.1) is 13.7 Å². The van der Waals surface area contributed by atoms with Crippen molar-refractivity contribution in [2.24, 2.45) is 0 Å². The van der Waals surface area contributed by atoms with Gasteiger partial charge >= 0.3 is 0 Å². The molecule has 0 atom stereocenters. The Morgan fingerprint density at radius 3 is 2.34 bits per heavy atom. The Labute approximate surface area is 190 Å². The van der Waals surface area contributed by atoms with Crippen molar-refractivity contribution < 1.29 is 9.47 Å². The fraction of sp³-hybridized carbons (Fsp3) is 0.292. The Balaban J connectivity index is 1.47. The maximum absolute atomic E-state index is 11.9. The van der Waals surface area contributed by atoms with E-state index in [0.29, 0.717) is 29.0 Å². The monoisotopic (exact) mass is 450 g/mol. The number of benzene rings is 2. The quantitative estimate of drug-likeness (QED) is 0.328. The summed E-state index contributed by atoms with van der Waals surface area (Å²) < 4.78 is 12.7. The fourth-order valence-corrected chi connectivity index (χ4v) is 3.96. The Kier molecular flexibility index (Phi) is 6.23. The summed E-state index contributed by atoms with van der Waals surface area (Å²) in [4.78, 5) is 21.1. The number of nitrogens with one attached hydrogen (secondary N) is 1. The van der Waals surface area contributed by atoms with E-state index in [1.807, 2.05) is 36.4 Å². The van der Waals surface area contributed by atoms with Crippen molar-refractivity contribution in [3.05, 3.63) is 70.5 Å². The largest absolute Gasteiger partial charge is 0.497 e. The van der Waals surface area contributed by atoms with Gasteiger partial charge in [0.1, 0.15) is 11.5 Å². The summed E-state index contributed by atoms with van der Waals surface area (Å²) in [5, 5.41) is 3.41. The Morgan fingerprint density at radius 1 is 1.00 bits per heavy atom. The zero-order valence-electron chi connectivity index (χ0n) is 18.6. The lowest BCUT2D eigenvalue weighted by Gasteiger charge is -2.19. The first-order valence-corrected chi connectivity index (χ1v) is 11.3. The van der Waals surface area contributed by atoms with Gasteiger partial charge in [0.25, 0.3) is 5.56 Å². The van der Waals surface area contributed by atoms with Crippen LogP contribution in [0.15, 0.2) is 64.5 Å². The minimum Gasteiger partial charge on any atom is -0.497 e. The second-order valence-corrected chi connectivity index (χ2v) is 9.41. The van der Waals surface area contributed by atoms with Gasteiger partial charge in [-0.05, 0) is 47.4 Å². The van der Waals surface area contributed by atoms with Crippen LogP contribution in [0.25, 0.3) is 17.0 Å². The number of nitrogens with zero attached hydrogens (tertiary/aromatic N) is 3. The third-order valence-corrected chi connectivity index (χ3v) is 5.88. The average Bonchev–Trinajstić information content (AvgIpc) is 3.16. The van der Waals surface area contributed by atoms with Gasteiger partial charge in [-0.2, -0.15) is 0 Å². The number of aromatic amines is 1. The molecular formula is C24H26N4O3S. The van der Waals surface area contributed by atoms with Crippen LogP contribution < -0.4 is 15.0 Å². The van der Waals surface area contributed by atoms with Gasteiger partial charge in [0.15, 0.2) is 16.6 Å². The van der Waals surface area contributed by atoms with Gasteiger partial charge in [-0.1, -0.05) is 44.7 Å². The molecule has 4 rings (SSSR count). The fourth-order valence-electron chi connectivity index (χ4n) is 3.19. The summed E-state index contributed by atoms with van der Waals surface area (Å²) in [5.74, 6) is 2.80. The third-order valence-electron chi connectivity index (χ3n) is 4.98. The molecule has 8 heteroatoms. The number of ether oxygens (including phenoxy) is 2. The molecule has 0 radical (unpaired) electrons. The number of fused-ring (bicyclic) bond motifs is 1.